The molecular weight excluding hydrogens is 721 g/mol. The summed E-state index contributed by atoms with van der Waals surface area (Å²) in [5.74, 6) is -0.911. The zero-order chi connectivity index (χ0) is 42.3. The van der Waals surface area contributed by atoms with Crippen LogP contribution in [-0.2, 0) is 28.6 Å². The molecule has 0 heterocycles. The van der Waals surface area contributed by atoms with E-state index in [1.54, 1.807) is 0 Å². The average Bonchev–Trinajstić information content (AvgIpc) is 3.22. The molecular formula is C52H92O6. The van der Waals surface area contributed by atoms with E-state index in [9.17, 15) is 14.4 Å². The summed E-state index contributed by atoms with van der Waals surface area (Å²) in [6, 6.07) is 0. The second-order valence-corrected chi connectivity index (χ2v) is 16.4. The first kappa shape index (κ1) is 55.4. The molecule has 0 N–H and O–H groups in total. The number of carbonyl (C=O) groups excluding carboxylic acids is 3. The van der Waals surface area contributed by atoms with Gasteiger partial charge >= 0.3 is 17.9 Å². The largest absolute Gasteiger partial charge is 0.462 e. The highest BCUT2D eigenvalue weighted by atomic mass is 16.6. The first-order valence-electron chi connectivity index (χ1n) is 24.6. The minimum atomic E-state index is -0.782. The van der Waals surface area contributed by atoms with Crippen LogP contribution >= 0.6 is 0 Å². The highest BCUT2D eigenvalue weighted by Crippen LogP contribution is 2.14. The van der Waals surface area contributed by atoms with Crippen molar-refractivity contribution in [2.45, 2.75) is 252 Å². The Bertz CT molecular complexity index is 1030. The van der Waals surface area contributed by atoms with Crippen LogP contribution in [0.5, 0.6) is 0 Å². The number of rotatable bonds is 44. The van der Waals surface area contributed by atoms with Gasteiger partial charge in [-0.25, -0.2) is 0 Å². The maximum absolute atomic E-state index is 12.7. The SMILES string of the molecule is CCCC/C=C\CCCCCCCC(=O)O[C@H](COC(=O)CCCCCC/C=C\C/C=C\C/C=C\CCCCC)COC(=O)CCCCCCCCCCCCCC. The fourth-order valence-electron chi connectivity index (χ4n) is 6.78. The Labute approximate surface area is 358 Å². The van der Waals surface area contributed by atoms with Crippen molar-refractivity contribution in [3.8, 4) is 0 Å². The number of ether oxygens (including phenoxy) is 3. The van der Waals surface area contributed by atoms with E-state index in [0.29, 0.717) is 19.3 Å². The molecule has 0 rings (SSSR count). The van der Waals surface area contributed by atoms with Gasteiger partial charge in [-0.15, -0.1) is 0 Å². The van der Waals surface area contributed by atoms with E-state index in [4.69, 9.17) is 14.2 Å². The molecule has 0 aromatic rings. The topological polar surface area (TPSA) is 78.9 Å². The van der Waals surface area contributed by atoms with Crippen LogP contribution in [0, 0.1) is 0 Å². The Hall–Kier alpha value is -2.63. The molecule has 336 valence electrons. The lowest BCUT2D eigenvalue weighted by molar-refractivity contribution is -0.167. The fourth-order valence-corrected chi connectivity index (χ4v) is 6.78. The molecule has 0 aliphatic carbocycles. The third kappa shape index (κ3) is 44.5. The van der Waals surface area contributed by atoms with Gasteiger partial charge in [-0.05, 0) is 77.0 Å². The number of esters is 3. The van der Waals surface area contributed by atoms with Gasteiger partial charge in [0.1, 0.15) is 13.2 Å². The third-order valence-electron chi connectivity index (χ3n) is 10.6. The Kier molecular flexibility index (Phi) is 44.9. The number of unbranched alkanes of at least 4 members (excludes halogenated alkanes) is 25. The van der Waals surface area contributed by atoms with Crippen molar-refractivity contribution in [2.75, 3.05) is 13.2 Å². The molecule has 0 saturated carbocycles. The van der Waals surface area contributed by atoms with Gasteiger partial charge in [0.25, 0.3) is 0 Å². The highest BCUT2D eigenvalue weighted by molar-refractivity contribution is 5.71. The summed E-state index contributed by atoms with van der Waals surface area (Å²) in [5, 5.41) is 0. The van der Waals surface area contributed by atoms with E-state index in [2.05, 4.69) is 69.4 Å². The van der Waals surface area contributed by atoms with E-state index in [0.717, 1.165) is 96.3 Å². The second kappa shape index (κ2) is 47.1. The molecule has 1 atom stereocenters. The molecule has 0 bridgehead atoms. The lowest BCUT2D eigenvalue weighted by Crippen LogP contribution is -2.30. The van der Waals surface area contributed by atoms with Crippen molar-refractivity contribution >= 4 is 17.9 Å². The van der Waals surface area contributed by atoms with Gasteiger partial charge in [0, 0.05) is 19.3 Å². The standard InChI is InChI=1S/C52H92O6/c1-4-7-10-13-16-19-22-24-25-26-27-28-31-33-36-39-42-45-51(54)57-48-49(58-52(55)46-43-40-37-34-29-21-18-15-12-9-6-3)47-56-50(53)44-41-38-35-32-30-23-20-17-14-11-8-5-2/h15-16,18-19,24-25,27-28,49H,4-14,17,20-23,26,29-48H2,1-3H3/b18-15-,19-16-,25-24-,28-27-/t49-/m0/s1. The fraction of sp³-hybridized carbons (Fsp3) is 0.788. The van der Waals surface area contributed by atoms with Crippen LogP contribution < -0.4 is 0 Å². The first-order chi connectivity index (χ1) is 28.5. The quantitative estimate of drug-likeness (QED) is 0.0264. The Morgan fingerprint density at radius 3 is 1.07 bits per heavy atom. The van der Waals surface area contributed by atoms with Gasteiger partial charge in [-0.3, -0.25) is 14.4 Å². The van der Waals surface area contributed by atoms with Crippen molar-refractivity contribution in [3.05, 3.63) is 48.6 Å². The molecule has 0 aromatic carbocycles. The van der Waals surface area contributed by atoms with Crippen molar-refractivity contribution in [1.82, 2.24) is 0 Å². The minimum absolute atomic E-state index is 0.0820. The Morgan fingerprint density at radius 1 is 0.345 bits per heavy atom. The molecule has 0 amide bonds. The third-order valence-corrected chi connectivity index (χ3v) is 10.6. The van der Waals surface area contributed by atoms with Crippen LogP contribution in [-0.4, -0.2) is 37.2 Å². The molecule has 0 radical (unpaired) electrons. The summed E-state index contributed by atoms with van der Waals surface area (Å²) in [5.41, 5.74) is 0. The van der Waals surface area contributed by atoms with Gasteiger partial charge in [0.2, 0.25) is 0 Å². The van der Waals surface area contributed by atoms with Crippen LogP contribution in [0.4, 0.5) is 0 Å². The van der Waals surface area contributed by atoms with E-state index in [1.807, 2.05) is 0 Å². The average molecular weight is 813 g/mol. The lowest BCUT2D eigenvalue weighted by atomic mass is 10.0. The molecule has 58 heavy (non-hydrogen) atoms. The molecule has 0 unspecified atom stereocenters. The summed E-state index contributed by atoms with van der Waals surface area (Å²) in [6.45, 7) is 6.54. The van der Waals surface area contributed by atoms with Gasteiger partial charge in [0.05, 0.1) is 0 Å². The van der Waals surface area contributed by atoms with Gasteiger partial charge < -0.3 is 14.2 Å². The maximum Gasteiger partial charge on any atom is 0.306 e. The lowest BCUT2D eigenvalue weighted by Gasteiger charge is -2.18. The predicted molar refractivity (Wildman–Crippen MR) is 247 cm³/mol. The van der Waals surface area contributed by atoms with Crippen LogP contribution in [0.2, 0.25) is 0 Å². The molecule has 6 nitrogen and oxygen atoms in total. The normalized spacial score (nSPS) is 12.4. The Balaban J connectivity index is 4.39. The summed E-state index contributed by atoms with van der Waals surface area (Å²) in [7, 11) is 0. The molecule has 0 spiro atoms. The van der Waals surface area contributed by atoms with E-state index < -0.39 is 6.10 Å². The maximum atomic E-state index is 12.7. The minimum Gasteiger partial charge on any atom is -0.462 e. The second-order valence-electron chi connectivity index (χ2n) is 16.4. The summed E-state index contributed by atoms with van der Waals surface area (Å²) < 4.78 is 16.7. The van der Waals surface area contributed by atoms with Gasteiger partial charge in [-0.1, -0.05) is 198 Å². The smallest absolute Gasteiger partial charge is 0.306 e. The molecule has 0 aromatic heterocycles. The molecule has 0 aliphatic rings. The summed E-state index contributed by atoms with van der Waals surface area (Å²) in [6.07, 6.45) is 55.2. The van der Waals surface area contributed by atoms with Crippen LogP contribution in [0.25, 0.3) is 0 Å². The van der Waals surface area contributed by atoms with Crippen molar-refractivity contribution < 1.29 is 28.6 Å². The number of hydrogen-bond donors (Lipinski definition) is 0. The zero-order valence-corrected chi connectivity index (χ0v) is 38.3. The Morgan fingerprint density at radius 2 is 0.638 bits per heavy atom. The van der Waals surface area contributed by atoms with E-state index >= 15 is 0 Å². The van der Waals surface area contributed by atoms with Gasteiger partial charge in [-0.2, -0.15) is 0 Å². The van der Waals surface area contributed by atoms with Crippen molar-refractivity contribution in [3.63, 3.8) is 0 Å². The van der Waals surface area contributed by atoms with Crippen molar-refractivity contribution in [1.29, 1.82) is 0 Å². The number of allylic oxidation sites excluding steroid dienone is 8. The van der Waals surface area contributed by atoms with Gasteiger partial charge in [0.15, 0.2) is 6.10 Å². The van der Waals surface area contributed by atoms with E-state index in [-0.39, 0.29) is 31.1 Å². The molecule has 0 saturated heterocycles. The summed E-state index contributed by atoms with van der Waals surface area (Å²) in [4.78, 5) is 37.8. The monoisotopic (exact) mass is 813 g/mol. The zero-order valence-electron chi connectivity index (χ0n) is 38.3. The van der Waals surface area contributed by atoms with Crippen LogP contribution in [0.1, 0.15) is 245 Å². The first-order valence-corrected chi connectivity index (χ1v) is 24.6. The highest BCUT2D eigenvalue weighted by Gasteiger charge is 2.19. The number of carbonyl (C=O) groups is 3. The van der Waals surface area contributed by atoms with Crippen LogP contribution in [0.15, 0.2) is 48.6 Å². The predicted octanol–water partition coefficient (Wildman–Crippen LogP) is 15.9. The molecule has 6 heteroatoms. The van der Waals surface area contributed by atoms with Crippen LogP contribution in [0.3, 0.4) is 0 Å². The summed E-state index contributed by atoms with van der Waals surface area (Å²) >= 11 is 0. The molecule has 0 aliphatic heterocycles. The molecule has 0 fully saturated rings. The van der Waals surface area contributed by atoms with Crippen molar-refractivity contribution in [2.24, 2.45) is 0 Å². The number of hydrogen-bond acceptors (Lipinski definition) is 6. The van der Waals surface area contributed by atoms with E-state index in [1.165, 1.54) is 109 Å².